The first-order chi connectivity index (χ1) is 12.6. The van der Waals surface area contributed by atoms with Crippen molar-refractivity contribution in [3.63, 3.8) is 0 Å². The third-order valence-electron chi connectivity index (χ3n) is 4.13. The number of carbonyl (C=O) groups excluding carboxylic acids is 1. The van der Waals surface area contributed by atoms with Crippen LogP contribution in [0.4, 0.5) is 11.6 Å². The fourth-order valence-electron chi connectivity index (χ4n) is 2.74. The molecule has 3 rings (SSSR count). The van der Waals surface area contributed by atoms with Gasteiger partial charge in [-0.3, -0.25) is 4.79 Å². The SMILES string of the molecule is CCN(CC)c1ccc2nnc(CCC(=O)Nc3cccc(C)n3)n2n1. The number of hydrogen-bond donors (Lipinski definition) is 1. The van der Waals surface area contributed by atoms with Crippen molar-refractivity contribution >= 4 is 23.2 Å². The van der Waals surface area contributed by atoms with E-state index in [1.165, 1.54) is 0 Å². The smallest absolute Gasteiger partial charge is 0.225 e. The topological polar surface area (TPSA) is 88.3 Å². The van der Waals surface area contributed by atoms with Gasteiger partial charge in [-0.1, -0.05) is 6.07 Å². The maximum Gasteiger partial charge on any atom is 0.225 e. The first-order valence-electron chi connectivity index (χ1n) is 8.80. The fraction of sp³-hybridized carbons (Fsp3) is 0.389. The van der Waals surface area contributed by atoms with E-state index in [4.69, 9.17) is 0 Å². The predicted octanol–water partition coefficient (Wildman–Crippen LogP) is 2.25. The molecule has 0 spiro atoms. The molecule has 1 N–H and O–H groups in total. The van der Waals surface area contributed by atoms with Gasteiger partial charge in [0.2, 0.25) is 5.91 Å². The third-order valence-corrected chi connectivity index (χ3v) is 4.13. The zero-order valence-corrected chi connectivity index (χ0v) is 15.3. The van der Waals surface area contributed by atoms with E-state index in [0.717, 1.165) is 24.6 Å². The Hall–Kier alpha value is -3.03. The van der Waals surface area contributed by atoms with Gasteiger partial charge in [0.15, 0.2) is 11.5 Å². The molecule has 8 heteroatoms. The van der Waals surface area contributed by atoms with Gasteiger partial charge in [0.05, 0.1) is 0 Å². The molecule has 0 aliphatic rings. The molecule has 0 atom stereocenters. The summed E-state index contributed by atoms with van der Waals surface area (Å²) in [7, 11) is 0. The van der Waals surface area contributed by atoms with Gasteiger partial charge < -0.3 is 10.2 Å². The molecule has 8 nitrogen and oxygen atoms in total. The minimum atomic E-state index is -0.111. The number of hydrogen-bond acceptors (Lipinski definition) is 6. The summed E-state index contributed by atoms with van der Waals surface area (Å²) in [6.07, 6.45) is 0.737. The van der Waals surface area contributed by atoms with Crippen LogP contribution in [-0.2, 0) is 11.2 Å². The summed E-state index contributed by atoms with van der Waals surface area (Å²) in [5, 5.41) is 15.7. The highest BCUT2D eigenvalue weighted by molar-refractivity contribution is 5.89. The zero-order valence-electron chi connectivity index (χ0n) is 15.3. The number of aryl methyl sites for hydroxylation is 2. The Morgan fingerprint density at radius 2 is 1.96 bits per heavy atom. The van der Waals surface area contributed by atoms with Gasteiger partial charge in [-0.2, -0.15) is 4.52 Å². The molecule has 0 radical (unpaired) electrons. The van der Waals surface area contributed by atoms with E-state index in [1.54, 1.807) is 10.6 Å². The summed E-state index contributed by atoms with van der Waals surface area (Å²) in [4.78, 5) is 18.6. The van der Waals surface area contributed by atoms with Gasteiger partial charge in [-0.15, -0.1) is 15.3 Å². The van der Waals surface area contributed by atoms with Crippen molar-refractivity contribution in [3.05, 3.63) is 41.9 Å². The monoisotopic (exact) mass is 353 g/mol. The number of fused-ring (bicyclic) bond motifs is 1. The number of nitrogens with one attached hydrogen (secondary N) is 1. The van der Waals surface area contributed by atoms with Crippen LogP contribution in [0, 0.1) is 6.92 Å². The van der Waals surface area contributed by atoms with Crippen LogP contribution in [0.15, 0.2) is 30.3 Å². The largest absolute Gasteiger partial charge is 0.356 e. The average Bonchev–Trinajstić information content (AvgIpc) is 3.03. The van der Waals surface area contributed by atoms with Crippen LogP contribution in [0.3, 0.4) is 0 Å². The van der Waals surface area contributed by atoms with Crippen molar-refractivity contribution in [1.29, 1.82) is 0 Å². The Kier molecular flexibility index (Phi) is 5.40. The van der Waals surface area contributed by atoms with Crippen molar-refractivity contribution < 1.29 is 4.79 Å². The van der Waals surface area contributed by atoms with Gasteiger partial charge in [-0.05, 0) is 45.0 Å². The van der Waals surface area contributed by atoms with E-state index < -0.39 is 0 Å². The molecule has 1 amide bonds. The summed E-state index contributed by atoms with van der Waals surface area (Å²) in [5.74, 6) is 1.99. The quantitative estimate of drug-likeness (QED) is 0.701. The van der Waals surface area contributed by atoms with E-state index >= 15 is 0 Å². The fourth-order valence-corrected chi connectivity index (χ4v) is 2.74. The summed E-state index contributed by atoms with van der Waals surface area (Å²) < 4.78 is 1.71. The van der Waals surface area contributed by atoms with E-state index in [1.807, 2.05) is 31.2 Å². The molecular weight excluding hydrogens is 330 g/mol. The molecule has 0 aromatic carbocycles. The highest BCUT2D eigenvalue weighted by atomic mass is 16.1. The van der Waals surface area contributed by atoms with Crippen molar-refractivity contribution in [2.24, 2.45) is 0 Å². The first-order valence-corrected chi connectivity index (χ1v) is 8.80. The molecule has 0 unspecified atom stereocenters. The number of nitrogens with zero attached hydrogens (tertiary/aromatic N) is 6. The van der Waals surface area contributed by atoms with Gasteiger partial charge in [0.1, 0.15) is 11.6 Å². The van der Waals surface area contributed by atoms with Crippen LogP contribution in [0.2, 0.25) is 0 Å². The average molecular weight is 353 g/mol. The number of aromatic nitrogens is 5. The number of carbonyl (C=O) groups is 1. The maximum absolute atomic E-state index is 12.2. The van der Waals surface area contributed by atoms with Crippen LogP contribution in [-0.4, -0.2) is 43.8 Å². The molecule has 136 valence electrons. The Morgan fingerprint density at radius 3 is 2.69 bits per heavy atom. The molecule has 0 fully saturated rings. The maximum atomic E-state index is 12.2. The molecule has 0 saturated heterocycles. The molecule has 3 aromatic heterocycles. The number of amides is 1. The van der Waals surface area contributed by atoms with Crippen molar-refractivity contribution in [2.75, 3.05) is 23.3 Å². The van der Waals surface area contributed by atoms with Crippen LogP contribution < -0.4 is 10.2 Å². The molecule has 0 bridgehead atoms. The van der Waals surface area contributed by atoms with E-state index in [0.29, 0.717) is 23.7 Å². The highest BCUT2D eigenvalue weighted by Crippen LogP contribution is 2.13. The third kappa shape index (κ3) is 3.96. The summed E-state index contributed by atoms with van der Waals surface area (Å²) in [5.41, 5.74) is 1.54. The lowest BCUT2D eigenvalue weighted by molar-refractivity contribution is -0.116. The molecule has 3 heterocycles. The summed E-state index contributed by atoms with van der Waals surface area (Å²) >= 11 is 0. The lowest BCUT2D eigenvalue weighted by atomic mass is 10.3. The van der Waals surface area contributed by atoms with Crippen LogP contribution in [0.1, 0.15) is 31.8 Å². The van der Waals surface area contributed by atoms with Crippen LogP contribution >= 0.6 is 0 Å². The van der Waals surface area contributed by atoms with Gasteiger partial charge in [0, 0.05) is 31.6 Å². The zero-order chi connectivity index (χ0) is 18.5. The molecule has 0 saturated carbocycles. The minimum Gasteiger partial charge on any atom is -0.356 e. The van der Waals surface area contributed by atoms with Crippen LogP contribution in [0.25, 0.3) is 5.65 Å². The molecule has 3 aromatic rings. The van der Waals surface area contributed by atoms with Crippen molar-refractivity contribution in [2.45, 2.75) is 33.6 Å². The molecule has 0 aliphatic heterocycles. The second kappa shape index (κ2) is 7.90. The van der Waals surface area contributed by atoms with E-state index in [9.17, 15) is 4.79 Å². The normalized spacial score (nSPS) is 10.9. The Bertz CT molecular complexity index is 901. The second-order valence-electron chi connectivity index (χ2n) is 5.96. The molecule has 26 heavy (non-hydrogen) atoms. The van der Waals surface area contributed by atoms with Crippen molar-refractivity contribution in [3.8, 4) is 0 Å². The standard InChI is InChI=1S/C18H23N7O/c1-4-24(5-2)17-10-9-15-21-22-16(25(15)23-17)11-12-18(26)20-14-8-6-7-13(3)19-14/h6-10H,4-5,11-12H2,1-3H3,(H,19,20,26). The van der Waals surface area contributed by atoms with Gasteiger partial charge in [0.25, 0.3) is 0 Å². The minimum absolute atomic E-state index is 0.111. The van der Waals surface area contributed by atoms with E-state index in [-0.39, 0.29) is 12.3 Å². The predicted molar refractivity (Wildman–Crippen MR) is 100 cm³/mol. The van der Waals surface area contributed by atoms with E-state index in [2.05, 4.69) is 44.3 Å². The lowest BCUT2D eigenvalue weighted by Gasteiger charge is -2.19. The van der Waals surface area contributed by atoms with Gasteiger partial charge in [-0.25, -0.2) is 4.98 Å². The second-order valence-corrected chi connectivity index (χ2v) is 5.96. The number of anilines is 2. The summed E-state index contributed by atoms with van der Waals surface area (Å²) in [6, 6.07) is 9.36. The van der Waals surface area contributed by atoms with Crippen molar-refractivity contribution in [1.82, 2.24) is 24.8 Å². The van der Waals surface area contributed by atoms with Gasteiger partial charge >= 0.3 is 0 Å². The number of rotatable bonds is 7. The number of pyridine rings is 1. The van der Waals surface area contributed by atoms with Crippen LogP contribution in [0.5, 0.6) is 0 Å². The Morgan fingerprint density at radius 1 is 1.15 bits per heavy atom. The lowest BCUT2D eigenvalue weighted by Crippen LogP contribution is -2.23. The molecule has 0 aliphatic carbocycles. The highest BCUT2D eigenvalue weighted by Gasteiger charge is 2.12. The summed E-state index contributed by atoms with van der Waals surface area (Å²) in [6.45, 7) is 7.81. The Labute approximate surface area is 152 Å². The molecular formula is C18H23N7O. The Balaban J connectivity index is 1.70. The first kappa shape index (κ1) is 17.8.